The summed E-state index contributed by atoms with van der Waals surface area (Å²) in [5, 5.41) is 11.4. The van der Waals surface area contributed by atoms with Crippen molar-refractivity contribution in [2.45, 2.75) is 59.0 Å². The van der Waals surface area contributed by atoms with Gasteiger partial charge in [0.05, 0.1) is 5.92 Å². The van der Waals surface area contributed by atoms with Crippen LogP contribution in [-0.4, -0.2) is 29.3 Å². The highest BCUT2D eigenvalue weighted by Crippen LogP contribution is 2.09. The van der Waals surface area contributed by atoms with Gasteiger partial charge < -0.3 is 15.2 Å². The zero-order chi connectivity index (χ0) is 14.2. The normalized spacial score (nSPS) is 12.9. The highest BCUT2D eigenvalue weighted by Gasteiger charge is 2.15. The Kier molecular flexibility index (Phi) is 7.39. The quantitative estimate of drug-likeness (QED) is 0.689. The van der Waals surface area contributed by atoms with Gasteiger partial charge in [0.1, 0.15) is 5.60 Å². The average Bonchev–Trinajstić information content (AvgIpc) is 2.19. The molecule has 0 aromatic heterocycles. The molecule has 5 heteroatoms. The van der Waals surface area contributed by atoms with Crippen molar-refractivity contribution in [2.24, 2.45) is 5.92 Å². The molecule has 5 nitrogen and oxygen atoms in total. The van der Waals surface area contributed by atoms with Crippen molar-refractivity contribution in [2.75, 3.05) is 6.54 Å². The number of nitrogens with one attached hydrogen (secondary N) is 1. The number of carboxylic acid groups (broad SMARTS) is 1. The van der Waals surface area contributed by atoms with E-state index in [9.17, 15) is 9.59 Å². The van der Waals surface area contributed by atoms with E-state index in [0.717, 1.165) is 19.3 Å². The molecule has 0 aromatic rings. The molecule has 1 amide bonds. The molecule has 0 saturated heterocycles. The lowest BCUT2D eigenvalue weighted by Gasteiger charge is -2.19. The first-order valence-corrected chi connectivity index (χ1v) is 6.42. The van der Waals surface area contributed by atoms with Crippen LogP contribution in [0.1, 0.15) is 53.4 Å². The van der Waals surface area contributed by atoms with Crippen LogP contribution >= 0.6 is 0 Å². The van der Waals surface area contributed by atoms with Crippen molar-refractivity contribution >= 4 is 12.1 Å². The summed E-state index contributed by atoms with van der Waals surface area (Å²) in [7, 11) is 0. The molecule has 0 heterocycles. The number of carboxylic acids is 1. The fraction of sp³-hybridized carbons (Fsp3) is 0.846. The van der Waals surface area contributed by atoms with Crippen LogP contribution in [0.2, 0.25) is 0 Å². The Morgan fingerprint density at radius 1 is 1.22 bits per heavy atom. The van der Waals surface area contributed by atoms with Gasteiger partial charge in [-0.2, -0.15) is 0 Å². The first-order valence-electron chi connectivity index (χ1n) is 6.42. The van der Waals surface area contributed by atoms with Crippen LogP contribution in [0.5, 0.6) is 0 Å². The van der Waals surface area contributed by atoms with E-state index < -0.39 is 17.7 Å². The number of carbonyl (C=O) groups is 2. The molecular weight excluding hydrogens is 234 g/mol. The number of unbranched alkanes of at least 4 members (excludes halogenated alkanes) is 2. The number of amides is 1. The summed E-state index contributed by atoms with van der Waals surface area (Å²) >= 11 is 0. The van der Waals surface area contributed by atoms with Gasteiger partial charge in [-0.1, -0.05) is 19.8 Å². The largest absolute Gasteiger partial charge is 0.481 e. The minimum atomic E-state index is -0.748. The number of hydrogen-bond donors (Lipinski definition) is 2. The summed E-state index contributed by atoms with van der Waals surface area (Å²) in [6, 6.07) is 0. The summed E-state index contributed by atoms with van der Waals surface area (Å²) in [6.07, 6.45) is 2.89. The molecule has 18 heavy (non-hydrogen) atoms. The van der Waals surface area contributed by atoms with E-state index in [4.69, 9.17) is 9.84 Å². The first-order chi connectivity index (χ1) is 8.22. The van der Waals surface area contributed by atoms with E-state index in [1.807, 2.05) is 20.8 Å². The number of aliphatic carboxylic acids is 1. The summed E-state index contributed by atoms with van der Waals surface area (Å²) < 4.78 is 5.09. The third-order valence-electron chi connectivity index (χ3n) is 2.40. The van der Waals surface area contributed by atoms with Gasteiger partial charge in [0.25, 0.3) is 0 Å². The second-order valence-electron chi connectivity index (χ2n) is 5.52. The van der Waals surface area contributed by atoms with Gasteiger partial charge in [-0.15, -0.1) is 0 Å². The van der Waals surface area contributed by atoms with Crippen LogP contribution < -0.4 is 5.32 Å². The Morgan fingerprint density at radius 2 is 1.83 bits per heavy atom. The molecular formula is C13H25NO4. The maximum atomic E-state index is 11.3. The minimum Gasteiger partial charge on any atom is -0.481 e. The number of rotatable bonds is 7. The predicted octanol–water partition coefficient (Wildman–Crippen LogP) is 2.79. The van der Waals surface area contributed by atoms with Crippen molar-refractivity contribution in [3.05, 3.63) is 0 Å². The average molecular weight is 259 g/mol. The molecule has 0 fully saturated rings. The standard InChI is InChI=1S/C13H25NO4/c1-10(11(15)16)8-6-5-7-9-14-12(17)18-13(2,3)4/h10H,5-9H2,1-4H3,(H,14,17)(H,15,16)/t10-/m0/s1. The van der Waals surface area contributed by atoms with E-state index in [1.165, 1.54) is 0 Å². The van der Waals surface area contributed by atoms with Crippen molar-refractivity contribution < 1.29 is 19.4 Å². The molecule has 0 spiro atoms. The van der Waals surface area contributed by atoms with Gasteiger partial charge in [-0.25, -0.2) is 4.79 Å². The topological polar surface area (TPSA) is 75.6 Å². The fourth-order valence-electron chi connectivity index (χ4n) is 1.38. The summed E-state index contributed by atoms with van der Waals surface area (Å²) in [4.78, 5) is 21.8. The number of carbonyl (C=O) groups excluding carboxylic acids is 1. The molecule has 1 atom stereocenters. The van der Waals surface area contributed by atoms with Crippen LogP contribution in [0, 0.1) is 5.92 Å². The molecule has 0 radical (unpaired) electrons. The van der Waals surface area contributed by atoms with Gasteiger partial charge in [0.15, 0.2) is 0 Å². The number of alkyl carbamates (subject to hydrolysis) is 1. The molecule has 2 N–H and O–H groups in total. The van der Waals surface area contributed by atoms with Crippen molar-refractivity contribution in [3.63, 3.8) is 0 Å². The molecule has 0 saturated carbocycles. The van der Waals surface area contributed by atoms with Crippen LogP contribution in [0.25, 0.3) is 0 Å². The third-order valence-corrected chi connectivity index (χ3v) is 2.40. The lowest BCUT2D eigenvalue weighted by molar-refractivity contribution is -0.141. The monoisotopic (exact) mass is 259 g/mol. The Labute approximate surface area is 109 Å². The molecule has 0 aromatic carbocycles. The summed E-state index contributed by atoms with van der Waals surface area (Å²) in [5.74, 6) is -1.04. The van der Waals surface area contributed by atoms with Crippen molar-refractivity contribution in [1.82, 2.24) is 5.32 Å². The Hall–Kier alpha value is -1.26. The lowest BCUT2D eigenvalue weighted by atomic mass is 10.0. The molecule has 0 aliphatic rings. The Bertz CT molecular complexity index is 271. The molecule has 0 bridgehead atoms. The number of hydrogen-bond acceptors (Lipinski definition) is 3. The van der Waals surface area contributed by atoms with E-state index in [1.54, 1.807) is 6.92 Å². The van der Waals surface area contributed by atoms with Gasteiger partial charge in [0, 0.05) is 6.54 Å². The maximum absolute atomic E-state index is 11.3. The molecule has 0 rings (SSSR count). The molecule has 0 aliphatic carbocycles. The lowest BCUT2D eigenvalue weighted by Crippen LogP contribution is -2.32. The van der Waals surface area contributed by atoms with E-state index in [-0.39, 0.29) is 5.92 Å². The fourth-order valence-corrected chi connectivity index (χ4v) is 1.38. The van der Waals surface area contributed by atoms with Crippen LogP contribution in [0.15, 0.2) is 0 Å². The minimum absolute atomic E-state index is 0.288. The number of ether oxygens (including phenoxy) is 1. The SMILES string of the molecule is C[C@@H](CCCCCNC(=O)OC(C)(C)C)C(=O)O. The second-order valence-corrected chi connectivity index (χ2v) is 5.52. The first kappa shape index (κ1) is 16.7. The summed E-state index contributed by atoms with van der Waals surface area (Å²) in [6.45, 7) is 7.73. The third kappa shape index (κ3) is 9.93. The van der Waals surface area contributed by atoms with Gasteiger partial charge in [0.2, 0.25) is 0 Å². The summed E-state index contributed by atoms with van der Waals surface area (Å²) in [5.41, 5.74) is -0.471. The highest BCUT2D eigenvalue weighted by molar-refractivity contribution is 5.69. The van der Waals surface area contributed by atoms with E-state index >= 15 is 0 Å². The van der Waals surface area contributed by atoms with E-state index in [0.29, 0.717) is 13.0 Å². The van der Waals surface area contributed by atoms with Gasteiger partial charge >= 0.3 is 12.1 Å². The predicted molar refractivity (Wildman–Crippen MR) is 69.5 cm³/mol. The zero-order valence-electron chi connectivity index (χ0n) is 11.8. The van der Waals surface area contributed by atoms with Crippen LogP contribution in [0.3, 0.4) is 0 Å². The molecule has 106 valence electrons. The molecule has 0 aliphatic heterocycles. The Balaban J connectivity index is 3.46. The smallest absolute Gasteiger partial charge is 0.407 e. The maximum Gasteiger partial charge on any atom is 0.407 e. The van der Waals surface area contributed by atoms with Crippen molar-refractivity contribution in [1.29, 1.82) is 0 Å². The van der Waals surface area contributed by atoms with Crippen LogP contribution in [-0.2, 0) is 9.53 Å². The zero-order valence-corrected chi connectivity index (χ0v) is 11.8. The van der Waals surface area contributed by atoms with Crippen molar-refractivity contribution in [3.8, 4) is 0 Å². The van der Waals surface area contributed by atoms with Crippen LogP contribution in [0.4, 0.5) is 4.79 Å². The van der Waals surface area contributed by atoms with Gasteiger partial charge in [-0.05, 0) is 33.6 Å². The molecule has 0 unspecified atom stereocenters. The van der Waals surface area contributed by atoms with E-state index in [2.05, 4.69) is 5.32 Å². The van der Waals surface area contributed by atoms with Gasteiger partial charge in [-0.3, -0.25) is 4.79 Å². The Morgan fingerprint density at radius 3 is 2.33 bits per heavy atom. The second kappa shape index (κ2) is 7.95. The highest BCUT2D eigenvalue weighted by atomic mass is 16.6.